The fraction of sp³-hybridized carbons (Fsp3) is 0.412. The highest BCUT2D eigenvalue weighted by atomic mass is 19.1. The monoisotopic (exact) mass is 299 g/mol. The van der Waals surface area contributed by atoms with Crippen molar-refractivity contribution in [2.75, 3.05) is 19.6 Å². The maximum atomic E-state index is 13.6. The summed E-state index contributed by atoms with van der Waals surface area (Å²) >= 11 is 0. The third kappa shape index (κ3) is 2.35. The first-order chi connectivity index (χ1) is 10.7. The number of carbonyl (C=O) groups is 1. The molecule has 3 aliphatic heterocycles. The maximum absolute atomic E-state index is 13.6. The van der Waals surface area contributed by atoms with Gasteiger partial charge in [-0.25, -0.2) is 4.39 Å². The lowest BCUT2D eigenvalue weighted by Gasteiger charge is -2.44. The van der Waals surface area contributed by atoms with Crippen molar-refractivity contribution >= 4 is 16.7 Å². The highest BCUT2D eigenvalue weighted by molar-refractivity contribution is 5.96. The minimum absolute atomic E-state index is 0.162. The number of amides is 1. The van der Waals surface area contributed by atoms with Crippen LogP contribution in [0, 0.1) is 11.7 Å². The summed E-state index contributed by atoms with van der Waals surface area (Å²) in [5.41, 5.74) is 0.356. The van der Waals surface area contributed by atoms with Gasteiger partial charge in [0.05, 0.1) is 0 Å². The SMILES string of the molecule is O=C(N[C@H]1CN2CCC1CC2)c1cc2cccc(F)c2cn1. The van der Waals surface area contributed by atoms with E-state index >= 15 is 0 Å². The Morgan fingerprint density at radius 3 is 2.86 bits per heavy atom. The molecule has 1 atom stereocenters. The largest absolute Gasteiger partial charge is 0.346 e. The minimum Gasteiger partial charge on any atom is -0.346 e. The van der Waals surface area contributed by atoms with Gasteiger partial charge < -0.3 is 10.2 Å². The molecule has 4 nitrogen and oxygen atoms in total. The van der Waals surface area contributed by atoms with Crippen LogP contribution in [0.4, 0.5) is 4.39 Å². The van der Waals surface area contributed by atoms with Crippen molar-refractivity contribution in [1.29, 1.82) is 0 Å². The van der Waals surface area contributed by atoms with E-state index in [1.54, 1.807) is 18.2 Å². The standard InChI is InChI=1S/C17H18FN3O/c18-14-3-1-2-12-8-15(19-9-13(12)14)17(22)20-16-10-21-6-4-11(16)5-7-21/h1-3,8-9,11,16H,4-7,10H2,(H,20,22)/t16-/m0/s1. The molecule has 3 aliphatic rings. The number of aromatic nitrogens is 1. The predicted octanol–water partition coefficient (Wildman–Crippen LogP) is 2.20. The first kappa shape index (κ1) is 13.6. The molecular formula is C17H18FN3O. The van der Waals surface area contributed by atoms with Crippen molar-refractivity contribution < 1.29 is 9.18 Å². The number of hydrogen-bond acceptors (Lipinski definition) is 3. The summed E-state index contributed by atoms with van der Waals surface area (Å²) in [5, 5.41) is 4.26. The molecule has 4 heterocycles. The average molecular weight is 299 g/mol. The van der Waals surface area contributed by atoms with Gasteiger partial charge >= 0.3 is 0 Å². The first-order valence-electron chi connectivity index (χ1n) is 7.78. The lowest BCUT2D eigenvalue weighted by Crippen LogP contribution is -2.57. The van der Waals surface area contributed by atoms with Crippen molar-refractivity contribution in [2.45, 2.75) is 18.9 Å². The fourth-order valence-corrected chi connectivity index (χ4v) is 3.63. The van der Waals surface area contributed by atoms with E-state index in [-0.39, 0.29) is 17.8 Å². The second kappa shape index (κ2) is 5.32. The molecule has 2 bridgehead atoms. The number of piperidine rings is 3. The summed E-state index contributed by atoms with van der Waals surface area (Å²) in [6, 6.07) is 6.71. The first-order valence-corrected chi connectivity index (χ1v) is 7.78. The van der Waals surface area contributed by atoms with Gasteiger partial charge in [0, 0.05) is 24.2 Å². The Bertz CT molecular complexity index is 725. The van der Waals surface area contributed by atoms with Gasteiger partial charge in [-0.15, -0.1) is 0 Å². The molecule has 1 aromatic heterocycles. The second-order valence-corrected chi connectivity index (χ2v) is 6.25. The molecule has 5 heteroatoms. The van der Waals surface area contributed by atoms with Crippen LogP contribution >= 0.6 is 0 Å². The molecule has 3 saturated heterocycles. The zero-order valence-electron chi connectivity index (χ0n) is 12.3. The number of carbonyl (C=O) groups excluding carboxylic acids is 1. The van der Waals surface area contributed by atoms with Crippen LogP contribution in [0.25, 0.3) is 10.8 Å². The van der Waals surface area contributed by atoms with Gasteiger partial charge in [-0.3, -0.25) is 9.78 Å². The smallest absolute Gasteiger partial charge is 0.270 e. The molecule has 1 N–H and O–H groups in total. The molecule has 1 amide bonds. The number of halogens is 1. The highest BCUT2D eigenvalue weighted by Gasteiger charge is 2.35. The van der Waals surface area contributed by atoms with E-state index < -0.39 is 0 Å². The lowest BCUT2D eigenvalue weighted by atomic mass is 9.84. The summed E-state index contributed by atoms with van der Waals surface area (Å²) < 4.78 is 13.6. The quantitative estimate of drug-likeness (QED) is 0.924. The summed E-state index contributed by atoms with van der Waals surface area (Å²) in [6.45, 7) is 3.22. The van der Waals surface area contributed by atoms with Crippen LogP contribution in [0.5, 0.6) is 0 Å². The topological polar surface area (TPSA) is 45.2 Å². The van der Waals surface area contributed by atoms with E-state index in [2.05, 4.69) is 15.2 Å². The lowest BCUT2D eigenvalue weighted by molar-refractivity contribution is 0.0618. The second-order valence-electron chi connectivity index (χ2n) is 6.25. The molecule has 0 radical (unpaired) electrons. The molecule has 3 fully saturated rings. The number of fused-ring (bicyclic) bond motifs is 4. The molecule has 1 aromatic carbocycles. The van der Waals surface area contributed by atoms with Crippen molar-refractivity contribution in [1.82, 2.24) is 15.2 Å². The summed E-state index contributed by atoms with van der Waals surface area (Å²) in [6.07, 6.45) is 3.75. The Balaban J connectivity index is 1.55. The molecule has 2 aromatic rings. The number of nitrogens with zero attached hydrogens (tertiary/aromatic N) is 2. The Morgan fingerprint density at radius 2 is 2.14 bits per heavy atom. The van der Waals surface area contributed by atoms with Crippen LogP contribution in [0.1, 0.15) is 23.3 Å². The third-order valence-corrected chi connectivity index (χ3v) is 4.92. The van der Waals surface area contributed by atoms with Gasteiger partial charge in [-0.05, 0) is 49.4 Å². The normalized spacial score (nSPS) is 27.0. The number of hydrogen-bond donors (Lipinski definition) is 1. The zero-order valence-corrected chi connectivity index (χ0v) is 12.3. The van der Waals surface area contributed by atoms with Crippen molar-refractivity contribution in [3.8, 4) is 0 Å². The van der Waals surface area contributed by atoms with Gasteiger partial charge in [0.1, 0.15) is 11.5 Å². The van der Waals surface area contributed by atoms with Crippen LogP contribution in [-0.2, 0) is 0 Å². The molecule has 5 rings (SSSR count). The molecule has 0 unspecified atom stereocenters. The van der Waals surface area contributed by atoms with E-state index in [0.29, 0.717) is 22.4 Å². The van der Waals surface area contributed by atoms with Gasteiger partial charge in [-0.2, -0.15) is 0 Å². The Hall–Kier alpha value is -2.01. The van der Waals surface area contributed by atoms with E-state index in [1.165, 1.54) is 12.3 Å². The third-order valence-electron chi connectivity index (χ3n) is 4.92. The Kier molecular flexibility index (Phi) is 3.30. The van der Waals surface area contributed by atoms with Crippen LogP contribution in [0.15, 0.2) is 30.5 Å². The molecule has 22 heavy (non-hydrogen) atoms. The Labute approximate surface area is 128 Å². The van der Waals surface area contributed by atoms with E-state index in [4.69, 9.17) is 0 Å². The van der Waals surface area contributed by atoms with E-state index in [0.717, 1.165) is 32.5 Å². The zero-order chi connectivity index (χ0) is 15.1. The average Bonchev–Trinajstić information content (AvgIpc) is 2.56. The maximum Gasteiger partial charge on any atom is 0.270 e. The van der Waals surface area contributed by atoms with Crippen LogP contribution in [0.3, 0.4) is 0 Å². The number of rotatable bonds is 2. The van der Waals surface area contributed by atoms with Crippen molar-refractivity contribution in [2.24, 2.45) is 5.92 Å². The van der Waals surface area contributed by atoms with Crippen molar-refractivity contribution in [3.63, 3.8) is 0 Å². The van der Waals surface area contributed by atoms with Crippen molar-refractivity contribution in [3.05, 3.63) is 42.0 Å². The Morgan fingerprint density at radius 1 is 1.32 bits per heavy atom. The molecule has 114 valence electrons. The molecular weight excluding hydrogens is 281 g/mol. The number of benzene rings is 1. The van der Waals surface area contributed by atoms with Gasteiger partial charge in [0.2, 0.25) is 0 Å². The van der Waals surface area contributed by atoms with E-state index in [9.17, 15) is 9.18 Å². The van der Waals surface area contributed by atoms with E-state index in [1.807, 2.05) is 0 Å². The fourth-order valence-electron chi connectivity index (χ4n) is 3.63. The van der Waals surface area contributed by atoms with Crippen LogP contribution in [0.2, 0.25) is 0 Å². The summed E-state index contributed by atoms with van der Waals surface area (Å²) in [5.74, 6) is 0.103. The van der Waals surface area contributed by atoms with Gasteiger partial charge in [0.25, 0.3) is 5.91 Å². The van der Waals surface area contributed by atoms with Gasteiger partial charge in [0.15, 0.2) is 0 Å². The molecule has 0 aliphatic carbocycles. The number of pyridine rings is 1. The highest BCUT2D eigenvalue weighted by Crippen LogP contribution is 2.27. The van der Waals surface area contributed by atoms with Crippen LogP contribution < -0.4 is 5.32 Å². The number of nitrogens with one attached hydrogen (secondary N) is 1. The van der Waals surface area contributed by atoms with Gasteiger partial charge in [-0.1, -0.05) is 12.1 Å². The molecule has 0 spiro atoms. The minimum atomic E-state index is -0.311. The van der Waals surface area contributed by atoms with Crippen LogP contribution in [-0.4, -0.2) is 41.5 Å². The summed E-state index contributed by atoms with van der Waals surface area (Å²) in [7, 11) is 0. The molecule has 0 saturated carbocycles. The predicted molar refractivity (Wildman–Crippen MR) is 82.1 cm³/mol. The summed E-state index contributed by atoms with van der Waals surface area (Å²) in [4.78, 5) is 19.0.